The van der Waals surface area contributed by atoms with E-state index in [0.717, 1.165) is 28.9 Å². The number of hydrogen-bond acceptors (Lipinski definition) is 4. The summed E-state index contributed by atoms with van der Waals surface area (Å²) in [6.07, 6.45) is -2.75. The Morgan fingerprint density at radius 2 is 1.80 bits per heavy atom. The SMILES string of the molecule is CC(Nc1cccc2c1CCN(S(C)(=O)=O)C2)C(=O)Nc1ccc(C(F)(F)F)cc1. The zero-order valence-electron chi connectivity index (χ0n) is 16.5. The Balaban J connectivity index is 1.68. The van der Waals surface area contributed by atoms with Crippen molar-refractivity contribution in [1.82, 2.24) is 4.31 Å². The summed E-state index contributed by atoms with van der Waals surface area (Å²) in [5.41, 5.74) is 2.03. The topological polar surface area (TPSA) is 78.5 Å². The van der Waals surface area contributed by atoms with Gasteiger partial charge in [0.15, 0.2) is 0 Å². The van der Waals surface area contributed by atoms with Gasteiger partial charge in [-0.3, -0.25) is 4.79 Å². The van der Waals surface area contributed by atoms with Crippen molar-refractivity contribution >= 4 is 27.3 Å². The van der Waals surface area contributed by atoms with Crippen molar-refractivity contribution in [2.45, 2.75) is 32.1 Å². The molecule has 0 fully saturated rings. The quantitative estimate of drug-likeness (QED) is 0.745. The number of amides is 1. The Morgan fingerprint density at radius 1 is 1.13 bits per heavy atom. The normalized spacial score (nSPS) is 15.9. The second-order valence-corrected chi connectivity index (χ2v) is 9.20. The fourth-order valence-electron chi connectivity index (χ4n) is 3.29. The first-order valence-electron chi connectivity index (χ1n) is 9.25. The van der Waals surface area contributed by atoms with Crippen LogP contribution in [0.5, 0.6) is 0 Å². The first kappa shape index (κ1) is 22.1. The molecule has 1 atom stereocenters. The zero-order chi connectivity index (χ0) is 22.1. The Bertz CT molecular complexity index is 1040. The van der Waals surface area contributed by atoms with E-state index >= 15 is 0 Å². The van der Waals surface area contributed by atoms with Gasteiger partial charge in [0.25, 0.3) is 0 Å². The summed E-state index contributed by atoms with van der Waals surface area (Å²) >= 11 is 0. The lowest BCUT2D eigenvalue weighted by atomic mass is 9.98. The van der Waals surface area contributed by atoms with E-state index in [4.69, 9.17) is 0 Å². The fraction of sp³-hybridized carbons (Fsp3) is 0.350. The number of hydrogen-bond donors (Lipinski definition) is 2. The van der Waals surface area contributed by atoms with E-state index in [2.05, 4.69) is 10.6 Å². The maximum Gasteiger partial charge on any atom is 0.416 e. The van der Waals surface area contributed by atoms with Crippen LogP contribution in [0, 0.1) is 0 Å². The molecule has 1 amide bonds. The molecule has 2 aromatic carbocycles. The summed E-state index contributed by atoms with van der Waals surface area (Å²) in [4.78, 5) is 12.5. The molecule has 2 N–H and O–H groups in total. The standard InChI is InChI=1S/C20H22F3N3O3S/c1-13(19(27)25-16-8-6-15(7-9-16)20(21,22)23)24-18-5-3-4-14-12-26(30(2,28)29)11-10-17(14)18/h3-9,13,24H,10-12H2,1-2H3,(H,25,27). The lowest BCUT2D eigenvalue weighted by Crippen LogP contribution is -2.36. The average molecular weight is 441 g/mol. The number of nitrogens with one attached hydrogen (secondary N) is 2. The molecule has 3 rings (SSSR count). The van der Waals surface area contributed by atoms with E-state index in [0.29, 0.717) is 13.0 Å². The van der Waals surface area contributed by atoms with Crippen LogP contribution in [0.25, 0.3) is 0 Å². The van der Waals surface area contributed by atoms with Gasteiger partial charge in [0.2, 0.25) is 15.9 Å². The Kier molecular flexibility index (Phi) is 6.09. The average Bonchev–Trinajstić information content (AvgIpc) is 2.66. The predicted molar refractivity (Wildman–Crippen MR) is 109 cm³/mol. The molecule has 6 nitrogen and oxygen atoms in total. The van der Waals surface area contributed by atoms with Crippen LogP contribution in [-0.4, -0.2) is 37.5 Å². The minimum Gasteiger partial charge on any atom is -0.374 e. The first-order valence-corrected chi connectivity index (χ1v) is 11.1. The van der Waals surface area contributed by atoms with Crippen molar-refractivity contribution < 1.29 is 26.4 Å². The van der Waals surface area contributed by atoms with Gasteiger partial charge in [-0.25, -0.2) is 8.42 Å². The van der Waals surface area contributed by atoms with Crippen molar-refractivity contribution in [3.05, 3.63) is 59.2 Å². The van der Waals surface area contributed by atoms with Crippen molar-refractivity contribution in [1.29, 1.82) is 0 Å². The summed E-state index contributed by atoms with van der Waals surface area (Å²) in [5.74, 6) is -0.402. The smallest absolute Gasteiger partial charge is 0.374 e. The Hall–Kier alpha value is -2.59. The third kappa shape index (κ3) is 5.11. The molecular formula is C20H22F3N3O3S. The van der Waals surface area contributed by atoms with E-state index in [-0.39, 0.29) is 12.2 Å². The second-order valence-electron chi connectivity index (χ2n) is 7.22. The highest BCUT2D eigenvalue weighted by Crippen LogP contribution is 2.30. The third-order valence-electron chi connectivity index (χ3n) is 4.95. The van der Waals surface area contributed by atoms with Gasteiger partial charge in [0.05, 0.1) is 11.8 Å². The molecule has 0 radical (unpaired) electrons. The zero-order valence-corrected chi connectivity index (χ0v) is 17.3. The second kappa shape index (κ2) is 8.27. The number of rotatable bonds is 5. The highest BCUT2D eigenvalue weighted by Gasteiger charge is 2.30. The van der Waals surface area contributed by atoms with Gasteiger partial charge in [-0.1, -0.05) is 12.1 Å². The number of sulfonamides is 1. The number of benzene rings is 2. The number of nitrogens with zero attached hydrogens (tertiary/aromatic N) is 1. The van der Waals surface area contributed by atoms with Gasteiger partial charge < -0.3 is 10.6 Å². The predicted octanol–water partition coefficient (Wildman–Crippen LogP) is 3.46. The van der Waals surface area contributed by atoms with Gasteiger partial charge in [0.1, 0.15) is 6.04 Å². The number of halogens is 3. The molecule has 1 aliphatic heterocycles. The van der Waals surface area contributed by atoms with E-state index in [1.54, 1.807) is 13.0 Å². The van der Waals surface area contributed by atoms with Crippen molar-refractivity contribution in [2.75, 3.05) is 23.4 Å². The number of anilines is 2. The lowest BCUT2D eigenvalue weighted by Gasteiger charge is -2.29. The highest BCUT2D eigenvalue weighted by atomic mass is 32.2. The molecule has 0 saturated carbocycles. The van der Waals surface area contributed by atoms with Crippen LogP contribution in [0.15, 0.2) is 42.5 Å². The highest BCUT2D eigenvalue weighted by molar-refractivity contribution is 7.88. The summed E-state index contributed by atoms with van der Waals surface area (Å²) in [6, 6.07) is 9.03. The van der Waals surface area contributed by atoms with Crippen molar-refractivity contribution in [2.24, 2.45) is 0 Å². The van der Waals surface area contributed by atoms with Crippen LogP contribution in [0.4, 0.5) is 24.5 Å². The number of carbonyl (C=O) groups excluding carboxylic acids is 1. The Labute approximate surface area is 173 Å². The van der Waals surface area contributed by atoms with Gasteiger partial charge in [0, 0.05) is 24.5 Å². The molecular weight excluding hydrogens is 419 g/mol. The molecule has 30 heavy (non-hydrogen) atoms. The van der Waals surface area contributed by atoms with Crippen LogP contribution in [0.3, 0.4) is 0 Å². The summed E-state index contributed by atoms with van der Waals surface area (Å²) < 4.78 is 62.9. The lowest BCUT2D eigenvalue weighted by molar-refractivity contribution is -0.137. The molecule has 1 unspecified atom stereocenters. The summed E-state index contributed by atoms with van der Waals surface area (Å²) in [5, 5.41) is 5.71. The van der Waals surface area contributed by atoms with Crippen LogP contribution in [0.1, 0.15) is 23.6 Å². The monoisotopic (exact) mass is 441 g/mol. The maximum absolute atomic E-state index is 12.6. The van der Waals surface area contributed by atoms with Crippen LogP contribution in [-0.2, 0) is 34.0 Å². The maximum atomic E-state index is 12.6. The molecule has 0 spiro atoms. The van der Waals surface area contributed by atoms with Crippen LogP contribution >= 0.6 is 0 Å². The molecule has 0 saturated heterocycles. The van der Waals surface area contributed by atoms with Gasteiger partial charge >= 0.3 is 6.18 Å². The molecule has 0 bridgehead atoms. The van der Waals surface area contributed by atoms with Crippen molar-refractivity contribution in [3.8, 4) is 0 Å². The first-order chi connectivity index (χ1) is 13.9. The van der Waals surface area contributed by atoms with E-state index in [9.17, 15) is 26.4 Å². The van der Waals surface area contributed by atoms with E-state index in [1.807, 2.05) is 12.1 Å². The molecule has 0 aromatic heterocycles. The number of fused-ring (bicyclic) bond motifs is 1. The summed E-state index contributed by atoms with van der Waals surface area (Å²) in [6.45, 7) is 2.27. The van der Waals surface area contributed by atoms with E-state index < -0.39 is 33.7 Å². The number of carbonyl (C=O) groups is 1. The minimum atomic E-state index is -4.43. The fourth-order valence-corrected chi connectivity index (χ4v) is 4.09. The molecule has 2 aromatic rings. The molecule has 162 valence electrons. The summed E-state index contributed by atoms with van der Waals surface area (Å²) in [7, 11) is -3.29. The van der Waals surface area contributed by atoms with Crippen LogP contribution in [0.2, 0.25) is 0 Å². The van der Waals surface area contributed by atoms with E-state index in [1.165, 1.54) is 22.7 Å². The minimum absolute atomic E-state index is 0.264. The largest absolute Gasteiger partial charge is 0.416 e. The Morgan fingerprint density at radius 3 is 2.40 bits per heavy atom. The van der Waals surface area contributed by atoms with Crippen LogP contribution < -0.4 is 10.6 Å². The van der Waals surface area contributed by atoms with Gasteiger partial charge in [-0.15, -0.1) is 0 Å². The molecule has 0 aliphatic carbocycles. The van der Waals surface area contributed by atoms with Gasteiger partial charge in [-0.2, -0.15) is 17.5 Å². The molecule has 1 aliphatic rings. The molecule has 1 heterocycles. The molecule has 10 heteroatoms. The third-order valence-corrected chi connectivity index (χ3v) is 6.19. The number of alkyl halides is 3. The van der Waals surface area contributed by atoms with Gasteiger partial charge in [-0.05, 0) is 54.8 Å². The van der Waals surface area contributed by atoms with Crippen molar-refractivity contribution in [3.63, 3.8) is 0 Å².